The van der Waals surface area contributed by atoms with Crippen LogP contribution < -0.4 is 4.74 Å². The van der Waals surface area contributed by atoms with Crippen LogP contribution in [0.5, 0.6) is 5.75 Å². The molecule has 1 aromatic carbocycles. The summed E-state index contributed by atoms with van der Waals surface area (Å²) in [5, 5.41) is 10.9. The van der Waals surface area contributed by atoms with Crippen LogP contribution in [0.4, 0.5) is 5.69 Å². The molecule has 1 rings (SSSR count). The lowest BCUT2D eigenvalue weighted by Gasteiger charge is -2.12. The molecule has 17 heavy (non-hydrogen) atoms. The van der Waals surface area contributed by atoms with Crippen molar-refractivity contribution in [2.45, 2.75) is 27.2 Å². The molecule has 0 saturated carbocycles. The van der Waals surface area contributed by atoms with Crippen LogP contribution in [-0.4, -0.2) is 17.3 Å². The molecule has 0 bridgehead atoms. The number of ketones is 1. The molecule has 0 heterocycles. The van der Waals surface area contributed by atoms with E-state index in [-0.39, 0.29) is 23.8 Å². The van der Waals surface area contributed by atoms with Gasteiger partial charge in [0.15, 0.2) is 5.78 Å². The van der Waals surface area contributed by atoms with Gasteiger partial charge in [-0.25, -0.2) is 0 Å². The van der Waals surface area contributed by atoms with E-state index in [0.29, 0.717) is 12.0 Å². The number of ether oxygens (including phenoxy) is 1. The van der Waals surface area contributed by atoms with Crippen molar-refractivity contribution < 1.29 is 14.5 Å². The maximum atomic E-state index is 11.6. The highest BCUT2D eigenvalue weighted by atomic mass is 16.6. The topological polar surface area (TPSA) is 69.4 Å². The van der Waals surface area contributed by atoms with Crippen molar-refractivity contribution in [2.75, 3.05) is 6.61 Å². The van der Waals surface area contributed by atoms with Crippen LogP contribution in [-0.2, 0) is 6.42 Å². The van der Waals surface area contributed by atoms with Crippen molar-refractivity contribution in [3.8, 4) is 5.75 Å². The summed E-state index contributed by atoms with van der Waals surface area (Å²) in [5.41, 5.74) is 0.935. The van der Waals surface area contributed by atoms with Gasteiger partial charge < -0.3 is 4.74 Å². The van der Waals surface area contributed by atoms with Gasteiger partial charge in [-0.15, -0.1) is 0 Å². The molecule has 0 aliphatic carbocycles. The number of carbonyl (C=O) groups excluding carboxylic acids is 1. The van der Waals surface area contributed by atoms with Gasteiger partial charge in [0.2, 0.25) is 5.75 Å². The van der Waals surface area contributed by atoms with E-state index < -0.39 is 4.92 Å². The van der Waals surface area contributed by atoms with E-state index in [1.165, 1.54) is 13.0 Å². The third-order valence-corrected chi connectivity index (χ3v) is 2.44. The van der Waals surface area contributed by atoms with E-state index in [1.54, 1.807) is 13.0 Å². The maximum absolute atomic E-state index is 11.6. The number of Topliss-reactive ketones (excluding diaryl/α,β-unsaturated/α-hetero) is 1. The summed E-state index contributed by atoms with van der Waals surface area (Å²) in [5.74, 6) is -0.127. The second-order valence-electron chi connectivity index (χ2n) is 3.55. The minimum absolute atomic E-state index is 0.0874. The summed E-state index contributed by atoms with van der Waals surface area (Å²) in [6.45, 7) is 5.30. The Morgan fingerprint density at radius 3 is 2.47 bits per heavy atom. The van der Waals surface area contributed by atoms with E-state index in [0.717, 1.165) is 5.56 Å². The highest BCUT2D eigenvalue weighted by molar-refractivity contribution is 5.99. The molecule has 0 aliphatic heterocycles. The fraction of sp³-hybridized carbons (Fsp3) is 0.417. The van der Waals surface area contributed by atoms with E-state index in [9.17, 15) is 14.9 Å². The largest absolute Gasteiger partial charge is 0.487 e. The molecule has 5 heteroatoms. The zero-order valence-corrected chi connectivity index (χ0v) is 10.1. The zero-order valence-electron chi connectivity index (χ0n) is 10.1. The fourth-order valence-corrected chi connectivity index (χ4v) is 1.73. The molecular formula is C12H15NO4. The number of nitrogens with zero attached hydrogens (tertiary/aromatic N) is 1. The minimum Gasteiger partial charge on any atom is -0.487 e. The summed E-state index contributed by atoms with van der Waals surface area (Å²) >= 11 is 0. The molecule has 0 N–H and O–H groups in total. The summed E-state index contributed by atoms with van der Waals surface area (Å²) < 4.78 is 5.27. The molecule has 0 atom stereocenters. The molecule has 0 aliphatic rings. The van der Waals surface area contributed by atoms with Crippen LogP contribution in [0.3, 0.4) is 0 Å². The van der Waals surface area contributed by atoms with E-state index in [2.05, 4.69) is 0 Å². The molecule has 0 unspecified atom stereocenters. The van der Waals surface area contributed by atoms with E-state index >= 15 is 0 Å². The summed E-state index contributed by atoms with van der Waals surface area (Å²) in [4.78, 5) is 21.9. The van der Waals surface area contributed by atoms with Crippen LogP contribution in [0.2, 0.25) is 0 Å². The molecule has 0 radical (unpaired) electrons. The third-order valence-electron chi connectivity index (χ3n) is 2.44. The second-order valence-corrected chi connectivity index (χ2v) is 3.55. The molecule has 0 spiro atoms. The van der Waals surface area contributed by atoms with Crippen LogP contribution in [0.1, 0.15) is 36.7 Å². The summed E-state index contributed by atoms with van der Waals surface area (Å²) in [6, 6.07) is 2.99. The Morgan fingerprint density at radius 1 is 1.41 bits per heavy atom. The number of aryl methyl sites for hydroxylation is 1. The van der Waals surface area contributed by atoms with Crippen LogP contribution in [0, 0.1) is 10.1 Å². The average Bonchev–Trinajstić information content (AvgIpc) is 2.27. The first kappa shape index (κ1) is 13.2. The number of benzene rings is 1. The first-order chi connectivity index (χ1) is 8.02. The lowest BCUT2D eigenvalue weighted by Crippen LogP contribution is -2.07. The van der Waals surface area contributed by atoms with Gasteiger partial charge in [0.1, 0.15) is 0 Å². The van der Waals surface area contributed by atoms with Crippen molar-refractivity contribution in [3.05, 3.63) is 33.4 Å². The maximum Gasteiger partial charge on any atom is 0.311 e. The first-order valence-electron chi connectivity index (χ1n) is 5.46. The average molecular weight is 237 g/mol. The smallest absolute Gasteiger partial charge is 0.311 e. The van der Waals surface area contributed by atoms with Crippen molar-refractivity contribution in [3.63, 3.8) is 0 Å². The van der Waals surface area contributed by atoms with Crippen LogP contribution in [0.25, 0.3) is 0 Å². The monoisotopic (exact) mass is 237 g/mol. The van der Waals surface area contributed by atoms with Gasteiger partial charge in [-0.2, -0.15) is 0 Å². The van der Waals surface area contributed by atoms with Crippen molar-refractivity contribution in [2.24, 2.45) is 0 Å². The lowest BCUT2D eigenvalue weighted by molar-refractivity contribution is -0.385. The van der Waals surface area contributed by atoms with Gasteiger partial charge in [0.05, 0.1) is 17.1 Å². The predicted octanol–water partition coefficient (Wildman–Crippen LogP) is 2.76. The Bertz CT molecular complexity index is 454. The van der Waals surface area contributed by atoms with Gasteiger partial charge in [-0.1, -0.05) is 13.0 Å². The molecule has 0 amide bonds. The number of nitro benzene ring substituents is 1. The Kier molecular flexibility index (Phi) is 4.20. The number of hydrogen-bond donors (Lipinski definition) is 0. The number of nitro groups is 1. The van der Waals surface area contributed by atoms with Gasteiger partial charge >= 0.3 is 5.69 Å². The molecule has 0 fully saturated rings. The quantitative estimate of drug-likeness (QED) is 0.448. The summed E-state index contributed by atoms with van der Waals surface area (Å²) in [7, 11) is 0. The van der Waals surface area contributed by atoms with Gasteiger partial charge in [0, 0.05) is 6.07 Å². The normalized spacial score (nSPS) is 10.1. The standard InChI is InChI=1S/C12H15NO4/c1-4-9-6-7-10(13(15)16)12(17-5-2)11(9)8(3)14/h6-7H,4-5H2,1-3H3. The number of hydrogen-bond acceptors (Lipinski definition) is 4. The third kappa shape index (κ3) is 2.61. The first-order valence-corrected chi connectivity index (χ1v) is 5.46. The molecule has 5 nitrogen and oxygen atoms in total. The SMILES string of the molecule is CCOc1c([N+](=O)[O-])ccc(CC)c1C(C)=O. The minimum atomic E-state index is -0.531. The van der Waals surface area contributed by atoms with Crippen molar-refractivity contribution in [1.29, 1.82) is 0 Å². The second kappa shape index (κ2) is 5.43. The van der Waals surface area contributed by atoms with Crippen molar-refractivity contribution >= 4 is 11.5 Å². The molecular weight excluding hydrogens is 222 g/mol. The zero-order chi connectivity index (χ0) is 13.0. The van der Waals surface area contributed by atoms with Crippen LogP contribution in [0.15, 0.2) is 12.1 Å². The number of rotatable bonds is 5. The number of carbonyl (C=O) groups is 1. The van der Waals surface area contributed by atoms with Gasteiger partial charge in [-0.3, -0.25) is 14.9 Å². The van der Waals surface area contributed by atoms with Crippen molar-refractivity contribution in [1.82, 2.24) is 0 Å². The molecule has 1 aromatic rings. The highest BCUT2D eigenvalue weighted by Crippen LogP contribution is 2.34. The lowest BCUT2D eigenvalue weighted by atomic mass is 10.00. The molecule has 0 saturated heterocycles. The van der Waals surface area contributed by atoms with Gasteiger partial charge in [-0.05, 0) is 25.8 Å². The summed E-state index contributed by atoms with van der Waals surface area (Å²) in [6.07, 6.45) is 0.632. The Morgan fingerprint density at radius 2 is 2.06 bits per heavy atom. The van der Waals surface area contributed by atoms with Crippen LogP contribution >= 0.6 is 0 Å². The Hall–Kier alpha value is -1.91. The highest BCUT2D eigenvalue weighted by Gasteiger charge is 2.23. The Labute approximate surface area is 99.5 Å². The van der Waals surface area contributed by atoms with E-state index in [1.807, 2.05) is 6.92 Å². The fourth-order valence-electron chi connectivity index (χ4n) is 1.73. The van der Waals surface area contributed by atoms with Gasteiger partial charge in [0.25, 0.3) is 0 Å². The molecule has 0 aromatic heterocycles. The van der Waals surface area contributed by atoms with E-state index in [4.69, 9.17) is 4.74 Å². The predicted molar refractivity (Wildman–Crippen MR) is 63.6 cm³/mol. The Balaban J connectivity index is 3.52. The molecule has 92 valence electrons.